The Kier molecular flexibility index (Phi) is 4.66. The van der Waals surface area contributed by atoms with Gasteiger partial charge in [-0.15, -0.1) is 0 Å². The smallest absolute Gasteiger partial charge is 0.137 e. The molecule has 0 aliphatic carbocycles. The Bertz CT molecular complexity index is 807. The normalized spacial score (nSPS) is 13.2. The third-order valence-electron chi connectivity index (χ3n) is 4.19. The summed E-state index contributed by atoms with van der Waals surface area (Å²) in [5, 5.41) is 14.1. The number of aromatic nitrogens is 3. The average Bonchev–Trinajstić information content (AvgIpc) is 3.13. The van der Waals surface area contributed by atoms with E-state index in [2.05, 4.69) is 16.2 Å². The van der Waals surface area contributed by atoms with Crippen LogP contribution in [0.1, 0.15) is 17.5 Å². The van der Waals surface area contributed by atoms with Crippen LogP contribution < -0.4 is 0 Å². The summed E-state index contributed by atoms with van der Waals surface area (Å²) in [5.74, 6) is -0.311. The van der Waals surface area contributed by atoms with E-state index in [0.717, 1.165) is 17.5 Å². The van der Waals surface area contributed by atoms with Gasteiger partial charge in [0, 0.05) is 0 Å². The van der Waals surface area contributed by atoms with Crippen molar-refractivity contribution in [1.82, 2.24) is 14.8 Å². The van der Waals surface area contributed by atoms with Crippen LogP contribution in [0.4, 0.5) is 4.39 Å². The first-order chi connectivity index (χ1) is 11.7. The number of halogens is 1. The van der Waals surface area contributed by atoms with Crippen LogP contribution in [0.15, 0.2) is 67.3 Å². The fourth-order valence-corrected chi connectivity index (χ4v) is 2.83. The van der Waals surface area contributed by atoms with Crippen molar-refractivity contribution < 1.29 is 4.39 Å². The van der Waals surface area contributed by atoms with Gasteiger partial charge in [-0.1, -0.05) is 42.5 Å². The average molecular weight is 320 g/mol. The summed E-state index contributed by atoms with van der Waals surface area (Å²) in [7, 11) is 0. The lowest BCUT2D eigenvalue weighted by Crippen LogP contribution is -2.31. The highest BCUT2D eigenvalue weighted by Gasteiger charge is 2.33. The Labute approximate surface area is 140 Å². The first-order valence-corrected chi connectivity index (χ1v) is 7.75. The molecule has 5 heteroatoms. The molecule has 0 aliphatic rings. The molecule has 0 radical (unpaired) electrons. The first kappa shape index (κ1) is 15.9. The van der Waals surface area contributed by atoms with E-state index in [9.17, 15) is 9.65 Å². The van der Waals surface area contributed by atoms with Crippen LogP contribution in [0.2, 0.25) is 0 Å². The third kappa shape index (κ3) is 3.49. The molecule has 4 nitrogen and oxygen atoms in total. The molecule has 120 valence electrons. The molecular weight excluding hydrogens is 303 g/mol. The molecule has 0 saturated carbocycles. The van der Waals surface area contributed by atoms with E-state index < -0.39 is 5.41 Å². The fourth-order valence-electron chi connectivity index (χ4n) is 2.83. The predicted octanol–water partition coefficient (Wildman–Crippen LogP) is 3.51. The van der Waals surface area contributed by atoms with Gasteiger partial charge in [0.1, 0.15) is 23.9 Å². The van der Waals surface area contributed by atoms with Crippen molar-refractivity contribution in [2.24, 2.45) is 0 Å². The number of hydrogen-bond donors (Lipinski definition) is 0. The molecule has 0 fully saturated rings. The number of rotatable bonds is 6. The number of nitrogens with zero attached hydrogens (tertiary/aromatic N) is 4. The van der Waals surface area contributed by atoms with E-state index in [0.29, 0.717) is 13.0 Å². The van der Waals surface area contributed by atoms with Gasteiger partial charge < -0.3 is 0 Å². The van der Waals surface area contributed by atoms with Crippen molar-refractivity contribution in [2.75, 3.05) is 0 Å². The standard InChI is InChI=1S/C19H17FN4/c20-18-8-6-17(7-9-18)19(12-21,13-24-15-22-14-23-24)11-10-16-4-2-1-3-5-16/h1-9,14-15H,10-11,13H2. The number of nitriles is 1. The molecule has 0 saturated heterocycles. The summed E-state index contributed by atoms with van der Waals surface area (Å²) < 4.78 is 14.9. The summed E-state index contributed by atoms with van der Waals surface area (Å²) >= 11 is 0. The van der Waals surface area contributed by atoms with Gasteiger partial charge in [0.2, 0.25) is 0 Å². The fraction of sp³-hybridized carbons (Fsp3) is 0.211. The van der Waals surface area contributed by atoms with Gasteiger partial charge in [0.15, 0.2) is 0 Å². The van der Waals surface area contributed by atoms with Gasteiger partial charge in [0.05, 0.1) is 12.6 Å². The van der Waals surface area contributed by atoms with Gasteiger partial charge in [-0.25, -0.2) is 9.37 Å². The molecule has 1 unspecified atom stereocenters. The molecule has 0 N–H and O–H groups in total. The predicted molar refractivity (Wildman–Crippen MR) is 88.5 cm³/mol. The van der Waals surface area contributed by atoms with Crippen molar-refractivity contribution in [3.8, 4) is 6.07 Å². The van der Waals surface area contributed by atoms with Crippen molar-refractivity contribution >= 4 is 0 Å². The summed E-state index contributed by atoms with van der Waals surface area (Å²) in [6.07, 6.45) is 4.40. The van der Waals surface area contributed by atoms with Gasteiger partial charge in [0.25, 0.3) is 0 Å². The molecule has 1 heterocycles. The lowest BCUT2D eigenvalue weighted by atomic mass is 9.77. The summed E-state index contributed by atoms with van der Waals surface area (Å²) in [4.78, 5) is 3.95. The van der Waals surface area contributed by atoms with Gasteiger partial charge in [-0.2, -0.15) is 10.4 Å². The van der Waals surface area contributed by atoms with Crippen molar-refractivity contribution in [3.05, 3.63) is 84.2 Å². The van der Waals surface area contributed by atoms with E-state index in [1.54, 1.807) is 23.1 Å². The van der Waals surface area contributed by atoms with Crippen LogP contribution in [0.3, 0.4) is 0 Å². The molecule has 1 atom stereocenters. The Morgan fingerprint density at radius 3 is 2.46 bits per heavy atom. The van der Waals surface area contributed by atoms with Crippen LogP contribution in [-0.4, -0.2) is 14.8 Å². The Morgan fingerprint density at radius 2 is 1.83 bits per heavy atom. The molecular formula is C19H17FN4. The van der Waals surface area contributed by atoms with E-state index in [4.69, 9.17) is 0 Å². The number of hydrogen-bond acceptors (Lipinski definition) is 3. The highest BCUT2D eigenvalue weighted by molar-refractivity contribution is 5.33. The zero-order valence-electron chi connectivity index (χ0n) is 13.1. The van der Waals surface area contributed by atoms with E-state index in [1.165, 1.54) is 18.5 Å². The Balaban J connectivity index is 1.92. The van der Waals surface area contributed by atoms with Crippen LogP contribution in [0.5, 0.6) is 0 Å². The Morgan fingerprint density at radius 1 is 1.08 bits per heavy atom. The molecule has 2 aromatic carbocycles. The number of benzene rings is 2. The Hall–Kier alpha value is -3.00. The molecule has 0 aliphatic heterocycles. The van der Waals surface area contributed by atoms with Crippen LogP contribution in [-0.2, 0) is 18.4 Å². The first-order valence-electron chi connectivity index (χ1n) is 7.75. The SMILES string of the molecule is N#CC(CCc1ccccc1)(Cn1cncn1)c1ccc(F)cc1. The van der Waals surface area contributed by atoms with E-state index >= 15 is 0 Å². The maximum absolute atomic E-state index is 13.3. The molecule has 3 rings (SSSR count). The van der Waals surface area contributed by atoms with Crippen LogP contribution in [0.25, 0.3) is 0 Å². The molecule has 0 bridgehead atoms. The minimum Gasteiger partial charge on any atom is -0.251 e. The van der Waals surface area contributed by atoms with Gasteiger partial charge >= 0.3 is 0 Å². The highest BCUT2D eigenvalue weighted by atomic mass is 19.1. The minimum absolute atomic E-state index is 0.311. The molecule has 24 heavy (non-hydrogen) atoms. The second kappa shape index (κ2) is 7.05. The summed E-state index contributed by atoms with van der Waals surface area (Å²) in [5.41, 5.74) is 1.16. The summed E-state index contributed by atoms with van der Waals surface area (Å²) in [6.45, 7) is 0.377. The minimum atomic E-state index is -0.794. The van der Waals surface area contributed by atoms with Crippen molar-refractivity contribution in [2.45, 2.75) is 24.8 Å². The lowest BCUT2D eigenvalue weighted by Gasteiger charge is -2.27. The molecule has 3 aromatic rings. The van der Waals surface area contributed by atoms with E-state index in [1.807, 2.05) is 30.3 Å². The quantitative estimate of drug-likeness (QED) is 0.698. The van der Waals surface area contributed by atoms with Gasteiger partial charge in [-0.3, -0.25) is 4.68 Å². The van der Waals surface area contributed by atoms with Crippen LogP contribution in [0, 0.1) is 17.1 Å². The second-order valence-electron chi connectivity index (χ2n) is 5.78. The zero-order chi connectivity index (χ0) is 16.8. The maximum Gasteiger partial charge on any atom is 0.137 e. The summed E-state index contributed by atoms with van der Waals surface area (Å²) in [6, 6.07) is 18.6. The topological polar surface area (TPSA) is 54.5 Å². The van der Waals surface area contributed by atoms with E-state index in [-0.39, 0.29) is 5.82 Å². The third-order valence-corrected chi connectivity index (χ3v) is 4.19. The second-order valence-corrected chi connectivity index (χ2v) is 5.78. The van der Waals surface area contributed by atoms with Gasteiger partial charge in [-0.05, 0) is 36.1 Å². The zero-order valence-corrected chi connectivity index (χ0v) is 13.1. The largest absolute Gasteiger partial charge is 0.251 e. The van der Waals surface area contributed by atoms with Crippen molar-refractivity contribution in [3.63, 3.8) is 0 Å². The van der Waals surface area contributed by atoms with Crippen LogP contribution >= 0.6 is 0 Å². The molecule has 1 aromatic heterocycles. The number of aryl methyl sites for hydroxylation is 1. The monoisotopic (exact) mass is 320 g/mol. The molecule has 0 amide bonds. The maximum atomic E-state index is 13.3. The van der Waals surface area contributed by atoms with Crippen molar-refractivity contribution in [1.29, 1.82) is 5.26 Å². The lowest BCUT2D eigenvalue weighted by molar-refractivity contribution is 0.401. The molecule has 0 spiro atoms. The highest BCUT2D eigenvalue weighted by Crippen LogP contribution is 2.31.